The molecule has 154 valence electrons. The molecule has 2 fully saturated rings. The van der Waals surface area contributed by atoms with Crippen LogP contribution in [-0.4, -0.2) is 54.6 Å². The Morgan fingerprint density at radius 1 is 1.33 bits per heavy atom. The van der Waals surface area contributed by atoms with Crippen molar-refractivity contribution in [2.45, 2.75) is 62.8 Å². The number of guanidine groups is 1. The Morgan fingerprint density at radius 3 is 2.78 bits per heavy atom. The van der Waals surface area contributed by atoms with Crippen molar-refractivity contribution in [3.8, 4) is 0 Å². The van der Waals surface area contributed by atoms with Crippen molar-refractivity contribution in [2.75, 3.05) is 32.4 Å². The lowest BCUT2D eigenvalue weighted by Crippen LogP contribution is -2.43. The third-order valence-corrected chi connectivity index (χ3v) is 6.62. The molecule has 0 aromatic carbocycles. The zero-order valence-corrected chi connectivity index (χ0v) is 19.8. The summed E-state index contributed by atoms with van der Waals surface area (Å²) in [6.45, 7) is 6.04. The monoisotopic (exact) mass is 506 g/mol. The van der Waals surface area contributed by atoms with E-state index in [1.165, 1.54) is 38.5 Å². The fourth-order valence-corrected chi connectivity index (χ4v) is 4.87. The molecule has 1 aromatic rings. The van der Waals surface area contributed by atoms with E-state index in [0.717, 1.165) is 43.1 Å². The Labute approximate surface area is 185 Å². The lowest BCUT2D eigenvalue weighted by Gasteiger charge is -2.32. The van der Waals surface area contributed by atoms with Gasteiger partial charge in [0.05, 0.1) is 18.8 Å². The molecular weight excluding hydrogens is 471 g/mol. The van der Waals surface area contributed by atoms with Crippen LogP contribution in [0, 0.1) is 0 Å². The van der Waals surface area contributed by atoms with E-state index in [4.69, 9.17) is 9.41 Å². The molecule has 1 saturated heterocycles. The van der Waals surface area contributed by atoms with Crippen molar-refractivity contribution in [3.63, 3.8) is 0 Å². The minimum Gasteiger partial charge on any atom is -0.468 e. The van der Waals surface area contributed by atoms with Gasteiger partial charge in [0.1, 0.15) is 5.76 Å². The van der Waals surface area contributed by atoms with Gasteiger partial charge in [-0.2, -0.15) is 11.8 Å². The standard InChI is InChI=1S/C20H34N4OS.HI/c1-3-21-20(23-16-9-10-17(14-16)26-2)22-15-18(19-8-7-13-25-19)24-11-5-4-6-12-24;/h7-8,13,16-18H,3-6,9-12,14-15H2,1-2H3,(H2,21,22,23);1H. The van der Waals surface area contributed by atoms with Gasteiger partial charge in [-0.15, -0.1) is 24.0 Å². The highest BCUT2D eigenvalue weighted by Crippen LogP contribution is 2.28. The highest BCUT2D eigenvalue weighted by molar-refractivity contribution is 14.0. The lowest BCUT2D eigenvalue weighted by atomic mass is 10.1. The summed E-state index contributed by atoms with van der Waals surface area (Å²) in [5, 5.41) is 7.88. The van der Waals surface area contributed by atoms with Crippen molar-refractivity contribution in [1.82, 2.24) is 15.5 Å². The number of thioether (sulfide) groups is 1. The molecular formula is C20H35IN4OS. The molecule has 5 nitrogen and oxygen atoms in total. The van der Waals surface area contributed by atoms with Crippen LogP contribution in [0.15, 0.2) is 27.8 Å². The van der Waals surface area contributed by atoms with Crippen molar-refractivity contribution in [2.24, 2.45) is 4.99 Å². The molecule has 0 amide bonds. The SMILES string of the molecule is CCNC(=NCC(c1ccco1)N1CCCCC1)NC1CCC(SC)C1.I. The summed E-state index contributed by atoms with van der Waals surface area (Å²) in [5.41, 5.74) is 0. The summed E-state index contributed by atoms with van der Waals surface area (Å²) >= 11 is 1.99. The molecule has 7 heteroatoms. The van der Waals surface area contributed by atoms with Gasteiger partial charge in [-0.3, -0.25) is 9.89 Å². The molecule has 0 bridgehead atoms. The molecule has 3 unspecified atom stereocenters. The van der Waals surface area contributed by atoms with E-state index in [1.807, 2.05) is 17.8 Å². The predicted octanol–water partition coefficient (Wildman–Crippen LogP) is 4.26. The van der Waals surface area contributed by atoms with E-state index < -0.39 is 0 Å². The number of nitrogens with zero attached hydrogens (tertiary/aromatic N) is 2. The van der Waals surface area contributed by atoms with E-state index in [0.29, 0.717) is 6.04 Å². The number of hydrogen-bond acceptors (Lipinski definition) is 4. The van der Waals surface area contributed by atoms with Gasteiger partial charge in [0.25, 0.3) is 0 Å². The summed E-state index contributed by atoms with van der Waals surface area (Å²) in [6, 6.07) is 4.86. The van der Waals surface area contributed by atoms with Crippen molar-refractivity contribution >= 4 is 41.7 Å². The smallest absolute Gasteiger partial charge is 0.191 e. The molecule has 0 radical (unpaired) electrons. The number of aliphatic imine (C=N–C) groups is 1. The number of rotatable bonds is 7. The second-order valence-corrected chi connectivity index (χ2v) is 8.50. The Bertz CT molecular complexity index is 548. The zero-order chi connectivity index (χ0) is 18.2. The maximum Gasteiger partial charge on any atom is 0.191 e. The topological polar surface area (TPSA) is 52.8 Å². The van der Waals surface area contributed by atoms with Crippen LogP contribution >= 0.6 is 35.7 Å². The minimum absolute atomic E-state index is 0. The highest BCUT2D eigenvalue weighted by Gasteiger charge is 2.26. The van der Waals surface area contributed by atoms with E-state index in [1.54, 1.807) is 6.26 Å². The van der Waals surface area contributed by atoms with Crippen LogP contribution in [0.25, 0.3) is 0 Å². The third kappa shape index (κ3) is 6.85. The van der Waals surface area contributed by atoms with Crippen molar-refractivity contribution in [1.29, 1.82) is 0 Å². The number of hydrogen-bond donors (Lipinski definition) is 2. The van der Waals surface area contributed by atoms with Gasteiger partial charge in [0.2, 0.25) is 0 Å². The molecule has 0 spiro atoms. The Kier molecular flexibility index (Phi) is 10.3. The Balaban J connectivity index is 0.00000261. The van der Waals surface area contributed by atoms with Gasteiger partial charge >= 0.3 is 0 Å². The van der Waals surface area contributed by atoms with E-state index in [9.17, 15) is 0 Å². The maximum absolute atomic E-state index is 5.75. The van der Waals surface area contributed by atoms with Crippen LogP contribution in [0.1, 0.15) is 57.3 Å². The van der Waals surface area contributed by atoms with Crippen molar-refractivity contribution in [3.05, 3.63) is 24.2 Å². The van der Waals surface area contributed by atoms with Crippen molar-refractivity contribution < 1.29 is 4.42 Å². The van der Waals surface area contributed by atoms with Crippen LogP contribution in [0.3, 0.4) is 0 Å². The van der Waals surface area contributed by atoms with E-state index >= 15 is 0 Å². The summed E-state index contributed by atoms with van der Waals surface area (Å²) in [4.78, 5) is 7.48. The molecule has 1 saturated carbocycles. The highest BCUT2D eigenvalue weighted by atomic mass is 127. The van der Waals surface area contributed by atoms with Crippen LogP contribution in [0.4, 0.5) is 0 Å². The quantitative estimate of drug-likeness (QED) is 0.329. The molecule has 1 aromatic heterocycles. The fourth-order valence-electron chi connectivity index (χ4n) is 4.07. The van der Waals surface area contributed by atoms with Crippen LogP contribution in [0.2, 0.25) is 0 Å². The zero-order valence-electron chi connectivity index (χ0n) is 16.7. The lowest BCUT2D eigenvalue weighted by molar-refractivity contribution is 0.150. The first-order valence-electron chi connectivity index (χ1n) is 10.1. The maximum atomic E-state index is 5.75. The second-order valence-electron chi connectivity index (χ2n) is 7.36. The third-order valence-electron chi connectivity index (χ3n) is 5.53. The predicted molar refractivity (Wildman–Crippen MR) is 126 cm³/mol. The van der Waals surface area contributed by atoms with E-state index in [-0.39, 0.29) is 30.0 Å². The van der Waals surface area contributed by atoms with Crippen LogP contribution < -0.4 is 10.6 Å². The average molecular weight is 506 g/mol. The molecule has 1 aliphatic carbocycles. The number of nitrogens with one attached hydrogen (secondary N) is 2. The van der Waals surface area contributed by atoms with E-state index in [2.05, 4.69) is 34.8 Å². The van der Waals surface area contributed by atoms with Gasteiger partial charge < -0.3 is 15.1 Å². The number of furan rings is 1. The summed E-state index contributed by atoms with van der Waals surface area (Å²) in [5.74, 6) is 1.99. The van der Waals surface area contributed by atoms with Gasteiger partial charge in [0, 0.05) is 17.8 Å². The molecule has 27 heavy (non-hydrogen) atoms. The molecule has 3 atom stereocenters. The van der Waals surface area contributed by atoms with Crippen LogP contribution in [-0.2, 0) is 0 Å². The molecule has 2 N–H and O–H groups in total. The summed E-state index contributed by atoms with van der Waals surface area (Å²) in [6.07, 6.45) is 11.7. The summed E-state index contributed by atoms with van der Waals surface area (Å²) in [7, 11) is 0. The number of likely N-dealkylation sites (tertiary alicyclic amines) is 1. The van der Waals surface area contributed by atoms with Gasteiger partial charge in [-0.05, 0) is 70.5 Å². The van der Waals surface area contributed by atoms with Gasteiger partial charge in [-0.1, -0.05) is 6.42 Å². The Morgan fingerprint density at radius 2 is 2.15 bits per heavy atom. The molecule has 3 rings (SSSR count). The number of piperidine rings is 1. The first kappa shape index (κ1) is 22.9. The largest absolute Gasteiger partial charge is 0.468 e. The fraction of sp³-hybridized carbons (Fsp3) is 0.750. The normalized spacial score (nSPS) is 25.0. The Hall–Kier alpha value is -0.410. The summed E-state index contributed by atoms with van der Waals surface area (Å²) < 4.78 is 5.75. The molecule has 2 heterocycles. The number of halogens is 1. The first-order valence-corrected chi connectivity index (χ1v) is 11.4. The molecule has 1 aliphatic heterocycles. The molecule has 2 aliphatic rings. The van der Waals surface area contributed by atoms with Gasteiger partial charge in [-0.25, -0.2) is 0 Å². The van der Waals surface area contributed by atoms with Crippen LogP contribution in [0.5, 0.6) is 0 Å². The van der Waals surface area contributed by atoms with Gasteiger partial charge in [0.15, 0.2) is 5.96 Å². The second kappa shape index (κ2) is 12.2. The first-order chi connectivity index (χ1) is 12.8. The minimum atomic E-state index is 0. The average Bonchev–Trinajstić information content (AvgIpc) is 3.35.